The average Bonchev–Trinajstić information content (AvgIpc) is 2.55. The van der Waals surface area contributed by atoms with Crippen molar-refractivity contribution >= 4 is 21.8 Å². The van der Waals surface area contributed by atoms with Crippen LogP contribution < -0.4 is 4.74 Å². The lowest BCUT2D eigenvalue weighted by molar-refractivity contribution is 0.468. The summed E-state index contributed by atoms with van der Waals surface area (Å²) in [7, 11) is 0. The molecule has 100 valence electrons. The normalized spacial score (nSPS) is 10.9. The Hall–Kier alpha value is -2.94. The van der Waals surface area contributed by atoms with Crippen molar-refractivity contribution in [2.75, 3.05) is 0 Å². The fourth-order valence-electron chi connectivity index (χ4n) is 2.39. The molecule has 0 bridgehead atoms. The minimum Gasteiger partial charge on any atom is -0.437 e. The van der Waals surface area contributed by atoms with Gasteiger partial charge >= 0.3 is 0 Å². The first-order chi connectivity index (χ1) is 10.4. The zero-order chi connectivity index (χ0) is 14.1. The number of nitrogens with zero attached hydrogens (tertiary/aromatic N) is 2. The second-order valence-corrected chi connectivity index (χ2v) is 4.78. The molecular weight excluding hydrogens is 260 g/mol. The number of ether oxygens (including phenoxy) is 1. The van der Waals surface area contributed by atoms with Gasteiger partial charge in [-0.05, 0) is 23.6 Å². The Kier molecular flexibility index (Phi) is 2.75. The Morgan fingerprint density at radius 1 is 0.714 bits per heavy atom. The number of fused-ring (bicyclic) bond motifs is 2. The molecule has 3 aromatic carbocycles. The molecule has 0 radical (unpaired) electrons. The first-order valence-electron chi connectivity index (χ1n) is 6.77. The molecule has 1 aromatic heterocycles. The fourth-order valence-corrected chi connectivity index (χ4v) is 2.39. The van der Waals surface area contributed by atoms with Crippen LogP contribution in [0.3, 0.4) is 0 Å². The third kappa shape index (κ3) is 2.19. The third-order valence-corrected chi connectivity index (χ3v) is 3.39. The summed E-state index contributed by atoms with van der Waals surface area (Å²) in [6.07, 6.45) is 1.66. The van der Waals surface area contributed by atoms with Gasteiger partial charge in [0, 0.05) is 5.39 Å². The molecule has 0 amide bonds. The number of hydrogen-bond donors (Lipinski definition) is 0. The van der Waals surface area contributed by atoms with Crippen molar-refractivity contribution in [1.29, 1.82) is 0 Å². The zero-order valence-electron chi connectivity index (χ0n) is 11.2. The Morgan fingerprint density at radius 2 is 1.48 bits per heavy atom. The molecule has 1 heterocycles. The van der Waals surface area contributed by atoms with Crippen LogP contribution in [0.25, 0.3) is 21.8 Å². The van der Waals surface area contributed by atoms with Gasteiger partial charge in [0.2, 0.25) is 5.88 Å². The highest BCUT2D eigenvalue weighted by atomic mass is 16.5. The van der Waals surface area contributed by atoms with Crippen LogP contribution in [0.5, 0.6) is 11.6 Å². The van der Waals surface area contributed by atoms with Gasteiger partial charge in [0.05, 0.1) is 17.2 Å². The van der Waals surface area contributed by atoms with Crippen LogP contribution in [-0.4, -0.2) is 9.97 Å². The molecule has 0 aliphatic rings. The van der Waals surface area contributed by atoms with E-state index < -0.39 is 0 Å². The van der Waals surface area contributed by atoms with Crippen molar-refractivity contribution < 1.29 is 4.74 Å². The number of aromatic nitrogens is 2. The lowest BCUT2D eigenvalue weighted by Crippen LogP contribution is -1.91. The predicted octanol–water partition coefficient (Wildman–Crippen LogP) is 4.58. The van der Waals surface area contributed by atoms with Crippen LogP contribution in [0, 0.1) is 0 Å². The highest BCUT2D eigenvalue weighted by Gasteiger charge is 2.05. The quantitative estimate of drug-likeness (QED) is 0.536. The molecule has 3 nitrogen and oxygen atoms in total. The van der Waals surface area contributed by atoms with Gasteiger partial charge in [0.1, 0.15) is 5.75 Å². The molecule has 0 saturated carbocycles. The van der Waals surface area contributed by atoms with Crippen molar-refractivity contribution in [3.63, 3.8) is 0 Å². The molecule has 0 N–H and O–H groups in total. The van der Waals surface area contributed by atoms with Crippen LogP contribution >= 0.6 is 0 Å². The number of hydrogen-bond acceptors (Lipinski definition) is 3. The molecule has 0 unspecified atom stereocenters. The summed E-state index contributed by atoms with van der Waals surface area (Å²) in [4.78, 5) is 8.86. The number of para-hydroxylation sites is 2. The minimum absolute atomic E-state index is 0.505. The average molecular weight is 272 g/mol. The van der Waals surface area contributed by atoms with Gasteiger partial charge in [-0.25, -0.2) is 9.97 Å². The van der Waals surface area contributed by atoms with E-state index in [1.165, 1.54) is 0 Å². The van der Waals surface area contributed by atoms with Gasteiger partial charge in [-0.3, -0.25) is 0 Å². The van der Waals surface area contributed by atoms with Gasteiger partial charge in [-0.15, -0.1) is 0 Å². The standard InChI is InChI=1S/C18H12N2O/c1-2-8-14-13(6-1)7-5-11-17(14)21-18-12-19-15-9-3-4-10-16(15)20-18/h1-12H. The molecule has 0 atom stereocenters. The van der Waals surface area contributed by atoms with Crippen LogP contribution in [0.15, 0.2) is 72.9 Å². The lowest BCUT2D eigenvalue weighted by atomic mass is 10.1. The van der Waals surface area contributed by atoms with Gasteiger partial charge < -0.3 is 4.74 Å². The summed E-state index contributed by atoms with van der Waals surface area (Å²) in [5.41, 5.74) is 1.69. The molecule has 21 heavy (non-hydrogen) atoms. The van der Waals surface area contributed by atoms with Crippen LogP contribution in [0.1, 0.15) is 0 Å². The van der Waals surface area contributed by atoms with Gasteiger partial charge in [0.25, 0.3) is 0 Å². The topological polar surface area (TPSA) is 35.0 Å². The summed E-state index contributed by atoms with van der Waals surface area (Å²) in [5, 5.41) is 2.21. The molecule has 0 aliphatic heterocycles. The van der Waals surface area contributed by atoms with E-state index in [-0.39, 0.29) is 0 Å². The second-order valence-electron chi connectivity index (χ2n) is 4.78. The Labute approximate surface area is 121 Å². The van der Waals surface area contributed by atoms with Crippen LogP contribution in [0.2, 0.25) is 0 Å². The maximum absolute atomic E-state index is 5.93. The molecule has 0 aliphatic carbocycles. The van der Waals surface area contributed by atoms with Gasteiger partial charge in [-0.1, -0.05) is 48.5 Å². The Balaban J connectivity index is 1.79. The van der Waals surface area contributed by atoms with E-state index in [2.05, 4.69) is 22.1 Å². The molecular formula is C18H12N2O. The summed E-state index contributed by atoms with van der Waals surface area (Å²) < 4.78 is 5.93. The minimum atomic E-state index is 0.505. The van der Waals surface area contributed by atoms with E-state index in [9.17, 15) is 0 Å². The summed E-state index contributed by atoms with van der Waals surface area (Å²) in [6.45, 7) is 0. The summed E-state index contributed by atoms with van der Waals surface area (Å²) in [6, 6.07) is 21.9. The lowest BCUT2D eigenvalue weighted by Gasteiger charge is -2.08. The smallest absolute Gasteiger partial charge is 0.238 e. The summed E-state index contributed by atoms with van der Waals surface area (Å²) >= 11 is 0. The molecule has 0 fully saturated rings. The highest BCUT2D eigenvalue weighted by molar-refractivity contribution is 5.88. The van der Waals surface area contributed by atoms with Crippen molar-refractivity contribution in [2.24, 2.45) is 0 Å². The fraction of sp³-hybridized carbons (Fsp3) is 0. The Morgan fingerprint density at radius 3 is 2.43 bits per heavy atom. The number of benzene rings is 3. The zero-order valence-corrected chi connectivity index (χ0v) is 11.2. The second kappa shape index (κ2) is 4.87. The molecule has 4 rings (SSSR count). The van der Waals surface area contributed by atoms with E-state index in [0.29, 0.717) is 5.88 Å². The van der Waals surface area contributed by atoms with Crippen LogP contribution in [-0.2, 0) is 0 Å². The number of rotatable bonds is 2. The highest BCUT2D eigenvalue weighted by Crippen LogP contribution is 2.29. The Bertz CT molecular complexity index is 929. The first kappa shape index (κ1) is 11.9. The molecule has 0 spiro atoms. The SMILES string of the molecule is c1ccc2c(Oc3cnc4ccccc4n3)cccc2c1. The van der Waals surface area contributed by atoms with E-state index >= 15 is 0 Å². The monoisotopic (exact) mass is 272 g/mol. The van der Waals surface area contributed by atoms with Crippen molar-refractivity contribution in [3.8, 4) is 11.6 Å². The van der Waals surface area contributed by atoms with Crippen molar-refractivity contribution in [2.45, 2.75) is 0 Å². The van der Waals surface area contributed by atoms with Gasteiger partial charge in [0.15, 0.2) is 0 Å². The largest absolute Gasteiger partial charge is 0.437 e. The van der Waals surface area contributed by atoms with Crippen molar-refractivity contribution in [3.05, 3.63) is 72.9 Å². The maximum Gasteiger partial charge on any atom is 0.238 e. The van der Waals surface area contributed by atoms with Gasteiger partial charge in [-0.2, -0.15) is 0 Å². The van der Waals surface area contributed by atoms with E-state index in [1.807, 2.05) is 54.6 Å². The predicted molar refractivity (Wildman–Crippen MR) is 83.6 cm³/mol. The molecule has 0 saturated heterocycles. The molecule has 4 aromatic rings. The first-order valence-corrected chi connectivity index (χ1v) is 6.77. The summed E-state index contributed by atoms with van der Waals surface area (Å²) in [5.74, 6) is 1.29. The van der Waals surface area contributed by atoms with Crippen LogP contribution in [0.4, 0.5) is 0 Å². The van der Waals surface area contributed by atoms with E-state index in [0.717, 1.165) is 27.6 Å². The van der Waals surface area contributed by atoms with E-state index in [1.54, 1.807) is 6.20 Å². The molecule has 3 heteroatoms. The third-order valence-electron chi connectivity index (χ3n) is 3.39. The maximum atomic E-state index is 5.93. The van der Waals surface area contributed by atoms with Crippen molar-refractivity contribution in [1.82, 2.24) is 9.97 Å². The van der Waals surface area contributed by atoms with E-state index in [4.69, 9.17) is 4.74 Å².